The summed E-state index contributed by atoms with van der Waals surface area (Å²) in [6.45, 7) is 2.12. The quantitative estimate of drug-likeness (QED) is 0.721. The van der Waals surface area contributed by atoms with Gasteiger partial charge in [-0.25, -0.2) is 8.42 Å². The Kier molecular flexibility index (Phi) is 5.63. The van der Waals surface area contributed by atoms with Crippen LogP contribution in [0.25, 0.3) is 0 Å². The van der Waals surface area contributed by atoms with Crippen molar-refractivity contribution in [2.45, 2.75) is 55.3 Å². The SMILES string of the molecule is O=S(=O)(Cc1ccc(Br)cc1)c1nnc(C2CCCN2)n1CC1CCCO1. The second kappa shape index (κ2) is 7.98. The lowest BCUT2D eigenvalue weighted by Crippen LogP contribution is -2.25. The summed E-state index contributed by atoms with van der Waals surface area (Å²) in [7, 11) is -3.62. The monoisotopic (exact) mass is 454 g/mol. The van der Waals surface area contributed by atoms with Crippen LogP contribution in [0.15, 0.2) is 33.9 Å². The van der Waals surface area contributed by atoms with Crippen LogP contribution in [0.3, 0.4) is 0 Å². The summed E-state index contributed by atoms with van der Waals surface area (Å²) < 4.78 is 34.7. The molecule has 0 spiro atoms. The molecule has 2 aliphatic rings. The third-order valence-electron chi connectivity index (χ3n) is 5.08. The van der Waals surface area contributed by atoms with Crippen molar-refractivity contribution in [2.24, 2.45) is 0 Å². The van der Waals surface area contributed by atoms with Crippen LogP contribution in [-0.4, -0.2) is 42.4 Å². The molecule has 0 aliphatic carbocycles. The summed E-state index contributed by atoms with van der Waals surface area (Å²) in [5.41, 5.74) is 0.727. The maximum Gasteiger partial charge on any atom is 0.250 e. The van der Waals surface area contributed by atoms with Crippen molar-refractivity contribution in [1.29, 1.82) is 0 Å². The molecular formula is C18H23BrN4O3S. The molecule has 2 unspecified atom stereocenters. The van der Waals surface area contributed by atoms with Crippen molar-refractivity contribution in [3.05, 3.63) is 40.1 Å². The number of sulfone groups is 1. The lowest BCUT2D eigenvalue weighted by molar-refractivity contribution is 0.0936. The standard InChI is InChI=1S/C18H23BrN4O3S/c19-14-7-5-13(6-8-14)12-27(24,25)18-22-21-17(16-4-1-9-20-16)23(18)11-15-3-2-10-26-15/h5-8,15-16,20H,1-4,9-12H2. The lowest BCUT2D eigenvalue weighted by atomic mass is 10.2. The molecule has 27 heavy (non-hydrogen) atoms. The van der Waals surface area contributed by atoms with Gasteiger partial charge in [0, 0.05) is 11.1 Å². The zero-order valence-electron chi connectivity index (χ0n) is 15.0. The van der Waals surface area contributed by atoms with Crippen LogP contribution in [0.1, 0.15) is 43.1 Å². The highest BCUT2D eigenvalue weighted by Crippen LogP contribution is 2.27. The van der Waals surface area contributed by atoms with E-state index >= 15 is 0 Å². The van der Waals surface area contributed by atoms with Crippen LogP contribution in [0.5, 0.6) is 0 Å². The molecular weight excluding hydrogens is 432 g/mol. The Hall–Kier alpha value is -1.29. The summed E-state index contributed by atoms with van der Waals surface area (Å²) >= 11 is 3.37. The molecule has 146 valence electrons. The predicted octanol–water partition coefficient (Wildman–Crippen LogP) is 2.62. The fraction of sp³-hybridized carbons (Fsp3) is 0.556. The molecule has 4 rings (SSSR count). The summed E-state index contributed by atoms with van der Waals surface area (Å²) in [6.07, 6.45) is 3.95. The number of nitrogens with zero attached hydrogens (tertiary/aromatic N) is 3. The van der Waals surface area contributed by atoms with E-state index < -0.39 is 9.84 Å². The molecule has 0 radical (unpaired) electrons. The molecule has 2 atom stereocenters. The second-order valence-corrected chi connectivity index (χ2v) is 9.92. The predicted molar refractivity (Wildman–Crippen MR) is 104 cm³/mol. The third-order valence-corrected chi connectivity index (χ3v) is 7.18. The maximum absolute atomic E-state index is 13.1. The van der Waals surface area contributed by atoms with Crippen molar-refractivity contribution in [3.8, 4) is 0 Å². The van der Waals surface area contributed by atoms with Gasteiger partial charge in [0.25, 0.3) is 0 Å². The van der Waals surface area contributed by atoms with Gasteiger partial charge in [0.15, 0.2) is 5.82 Å². The molecule has 2 aliphatic heterocycles. The lowest BCUT2D eigenvalue weighted by Gasteiger charge is -2.17. The Morgan fingerprint density at radius 2 is 2.00 bits per heavy atom. The first kappa shape index (κ1) is 19.0. The van der Waals surface area contributed by atoms with Crippen molar-refractivity contribution in [3.63, 3.8) is 0 Å². The number of hydrogen-bond donors (Lipinski definition) is 1. The van der Waals surface area contributed by atoms with E-state index in [1.165, 1.54) is 0 Å². The average molecular weight is 455 g/mol. The largest absolute Gasteiger partial charge is 0.376 e. The van der Waals surface area contributed by atoms with Crippen LogP contribution in [0.2, 0.25) is 0 Å². The topological polar surface area (TPSA) is 86.1 Å². The molecule has 0 saturated carbocycles. The number of hydrogen-bond acceptors (Lipinski definition) is 6. The van der Waals surface area contributed by atoms with Gasteiger partial charge < -0.3 is 10.1 Å². The minimum absolute atomic E-state index is 0.0165. The Morgan fingerprint density at radius 1 is 1.19 bits per heavy atom. The van der Waals surface area contributed by atoms with Gasteiger partial charge in [-0.3, -0.25) is 4.57 Å². The van der Waals surface area contributed by atoms with Gasteiger partial charge in [-0.2, -0.15) is 0 Å². The van der Waals surface area contributed by atoms with Crippen molar-refractivity contribution in [2.75, 3.05) is 13.2 Å². The number of aromatic nitrogens is 3. The van der Waals surface area contributed by atoms with Gasteiger partial charge in [-0.05, 0) is 49.9 Å². The highest BCUT2D eigenvalue weighted by molar-refractivity contribution is 9.10. The Bertz CT molecular complexity index is 886. The smallest absolute Gasteiger partial charge is 0.250 e. The number of ether oxygens (including phenoxy) is 1. The molecule has 1 N–H and O–H groups in total. The summed E-state index contributed by atoms with van der Waals surface area (Å²) in [5.74, 6) is 0.611. The molecule has 7 nitrogen and oxygen atoms in total. The van der Waals surface area contributed by atoms with E-state index in [0.29, 0.717) is 12.4 Å². The van der Waals surface area contributed by atoms with Crippen LogP contribution >= 0.6 is 15.9 Å². The minimum atomic E-state index is -3.62. The van der Waals surface area contributed by atoms with E-state index in [1.807, 2.05) is 24.3 Å². The summed E-state index contributed by atoms with van der Waals surface area (Å²) in [6, 6.07) is 7.35. The normalized spacial score (nSPS) is 23.1. The Balaban J connectivity index is 1.66. The van der Waals surface area contributed by atoms with Gasteiger partial charge in [0.05, 0.1) is 24.4 Å². The van der Waals surface area contributed by atoms with E-state index in [9.17, 15) is 8.42 Å². The number of rotatable bonds is 6. The summed E-state index contributed by atoms with van der Waals surface area (Å²) in [4.78, 5) is 0. The molecule has 1 aromatic carbocycles. The van der Waals surface area contributed by atoms with Crippen LogP contribution in [0.4, 0.5) is 0 Å². The van der Waals surface area contributed by atoms with Gasteiger partial charge in [-0.15, -0.1) is 10.2 Å². The first-order valence-corrected chi connectivity index (χ1v) is 11.7. The highest BCUT2D eigenvalue weighted by Gasteiger charge is 2.31. The number of benzene rings is 1. The van der Waals surface area contributed by atoms with E-state index in [2.05, 4.69) is 31.4 Å². The van der Waals surface area contributed by atoms with E-state index in [0.717, 1.165) is 48.9 Å². The van der Waals surface area contributed by atoms with Gasteiger partial charge in [-0.1, -0.05) is 28.1 Å². The first-order chi connectivity index (χ1) is 13.0. The molecule has 9 heteroatoms. The Morgan fingerprint density at radius 3 is 2.67 bits per heavy atom. The first-order valence-electron chi connectivity index (χ1n) is 9.28. The fourth-order valence-corrected chi connectivity index (χ4v) is 5.41. The van der Waals surface area contributed by atoms with Gasteiger partial charge >= 0.3 is 0 Å². The van der Waals surface area contributed by atoms with E-state index in [1.54, 1.807) is 4.57 Å². The summed E-state index contributed by atoms with van der Waals surface area (Å²) in [5, 5.41) is 11.8. The van der Waals surface area contributed by atoms with Gasteiger partial charge in [0.2, 0.25) is 15.0 Å². The average Bonchev–Trinajstić information content (AvgIpc) is 3.38. The van der Waals surface area contributed by atoms with E-state index in [-0.39, 0.29) is 23.1 Å². The van der Waals surface area contributed by atoms with E-state index in [4.69, 9.17) is 4.74 Å². The molecule has 2 aromatic rings. The Labute approximate surface area is 167 Å². The molecule has 2 fully saturated rings. The minimum Gasteiger partial charge on any atom is -0.376 e. The highest BCUT2D eigenvalue weighted by atomic mass is 79.9. The molecule has 1 aromatic heterocycles. The van der Waals surface area contributed by atoms with Crippen molar-refractivity contribution in [1.82, 2.24) is 20.1 Å². The molecule has 2 saturated heterocycles. The van der Waals surface area contributed by atoms with Crippen molar-refractivity contribution >= 4 is 25.8 Å². The second-order valence-electron chi connectivity index (χ2n) is 7.12. The van der Waals surface area contributed by atoms with Gasteiger partial charge in [0.1, 0.15) is 0 Å². The fourth-order valence-electron chi connectivity index (χ4n) is 3.72. The zero-order chi connectivity index (χ0) is 18.9. The van der Waals surface area contributed by atoms with Crippen LogP contribution in [-0.2, 0) is 26.9 Å². The van der Waals surface area contributed by atoms with Crippen LogP contribution in [0, 0.1) is 0 Å². The molecule has 0 bridgehead atoms. The maximum atomic E-state index is 13.1. The third kappa shape index (κ3) is 4.26. The van der Waals surface area contributed by atoms with Crippen LogP contribution < -0.4 is 5.32 Å². The molecule has 3 heterocycles. The number of nitrogens with one attached hydrogen (secondary N) is 1. The molecule has 0 amide bonds. The van der Waals surface area contributed by atoms with Crippen molar-refractivity contribution < 1.29 is 13.2 Å². The zero-order valence-corrected chi connectivity index (χ0v) is 17.4. The number of halogens is 1.